The van der Waals surface area contributed by atoms with Gasteiger partial charge in [0, 0.05) is 11.5 Å². The number of benzene rings is 1. The molecule has 0 fully saturated rings. The lowest BCUT2D eigenvalue weighted by molar-refractivity contribution is 0.601. The van der Waals surface area contributed by atoms with Crippen molar-refractivity contribution in [2.75, 3.05) is 4.72 Å². The number of alkyl halides is 1. The first-order valence-electron chi connectivity index (χ1n) is 5.07. The van der Waals surface area contributed by atoms with Gasteiger partial charge in [-0.2, -0.15) is 5.10 Å². The summed E-state index contributed by atoms with van der Waals surface area (Å²) >= 11 is 3.30. The van der Waals surface area contributed by atoms with E-state index in [1.54, 1.807) is 30.3 Å². The summed E-state index contributed by atoms with van der Waals surface area (Å²) in [6.45, 7) is 0. The van der Waals surface area contributed by atoms with Crippen LogP contribution in [0.15, 0.2) is 47.5 Å². The second kappa shape index (κ2) is 5.45. The van der Waals surface area contributed by atoms with E-state index in [2.05, 4.69) is 30.8 Å². The van der Waals surface area contributed by atoms with Gasteiger partial charge in [-0.15, -0.1) is 5.10 Å². The van der Waals surface area contributed by atoms with Crippen LogP contribution in [-0.4, -0.2) is 18.6 Å². The van der Waals surface area contributed by atoms with Crippen LogP contribution >= 0.6 is 15.9 Å². The van der Waals surface area contributed by atoms with Crippen LogP contribution in [0, 0.1) is 0 Å². The van der Waals surface area contributed by atoms with Crippen molar-refractivity contribution in [3.63, 3.8) is 0 Å². The Morgan fingerprint density at radius 3 is 2.44 bits per heavy atom. The minimum Gasteiger partial charge on any atom is -0.262 e. The van der Waals surface area contributed by atoms with Crippen LogP contribution in [0.25, 0.3) is 0 Å². The minimum atomic E-state index is -3.61. The molecule has 2 aromatic rings. The average molecular weight is 328 g/mol. The maximum absolute atomic E-state index is 12.0. The van der Waals surface area contributed by atoms with E-state index >= 15 is 0 Å². The first-order chi connectivity index (χ1) is 8.62. The standard InChI is InChI=1S/C11H10BrN3O2S/c12-8-9-3-5-10(6-4-9)18(16,17)15-11-2-1-7-13-14-11/h1-7H,8H2,(H,14,15). The summed E-state index contributed by atoms with van der Waals surface area (Å²) in [6, 6.07) is 9.75. The Bertz CT molecular complexity index is 614. The van der Waals surface area contributed by atoms with Gasteiger partial charge in [0.2, 0.25) is 0 Å². The Morgan fingerprint density at radius 1 is 1.17 bits per heavy atom. The molecule has 1 N–H and O–H groups in total. The minimum absolute atomic E-state index is 0.192. The van der Waals surface area contributed by atoms with Crippen molar-refractivity contribution in [2.24, 2.45) is 0 Å². The van der Waals surface area contributed by atoms with E-state index in [9.17, 15) is 8.42 Å². The first-order valence-corrected chi connectivity index (χ1v) is 7.68. The molecule has 0 atom stereocenters. The van der Waals surface area contributed by atoms with Gasteiger partial charge in [-0.05, 0) is 29.8 Å². The summed E-state index contributed by atoms with van der Waals surface area (Å²) in [4.78, 5) is 0.192. The van der Waals surface area contributed by atoms with Gasteiger partial charge >= 0.3 is 0 Å². The van der Waals surface area contributed by atoms with Gasteiger partial charge in [-0.1, -0.05) is 28.1 Å². The normalized spacial score (nSPS) is 11.2. The van der Waals surface area contributed by atoms with Crippen molar-refractivity contribution in [3.05, 3.63) is 48.2 Å². The number of sulfonamides is 1. The molecule has 94 valence electrons. The van der Waals surface area contributed by atoms with E-state index in [1.165, 1.54) is 12.3 Å². The highest BCUT2D eigenvalue weighted by Crippen LogP contribution is 2.15. The quantitative estimate of drug-likeness (QED) is 0.873. The van der Waals surface area contributed by atoms with Gasteiger partial charge in [0.05, 0.1) is 4.90 Å². The van der Waals surface area contributed by atoms with Crippen molar-refractivity contribution in [1.82, 2.24) is 10.2 Å². The SMILES string of the molecule is O=S(=O)(Nc1cccnn1)c1ccc(CBr)cc1. The lowest BCUT2D eigenvalue weighted by atomic mass is 10.2. The van der Waals surface area contributed by atoms with Crippen LogP contribution in [0.1, 0.15) is 5.56 Å². The molecular weight excluding hydrogens is 318 g/mol. The summed E-state index contributed by atoms with van der Waals surface area (Å²) in [6.07, 6.45) is 1.47. The second-order valence-electron chi connectivity index (χ2n) is 3.49. The third-order valence-electron chi connectivity index (χ3n) is 2.20. The molecular formula is C11H10BrN3O2S. The van der Waals surface area contributed by atoms with Gasteiger partial charge < -0.3 is 0 Å². The van der Waals surface area contributed by atoms with Gasteiger partial charge in [0.1, 0.15) is 0 Å². The summed E-state index contributed by atoms with van der Waals surface area (Å²) in [5.41, 5.74) is 1.01. The Morgan fingerprint density at radius 2 is 1.89 bits per heavy atom. The third-order valence-corrected chi connectivity index (χ3v) is 4.22. The van der Waals surface area contributed by atoms with E-state index in [1.807, 2.05) is 0 Å². The topological polar surface area (TPSA) is 72.0 Å². The van der Waals surface area contributed by atoms with Crippen LogP contribution in [-0.2, 0) is 15.4 Å². The summed E-state index contributed by atoms with van der Waals surface area (Å²) in [7, 11) is -3.61. The number of rotatable bonds is 4. The summed E-state index contributed by atoms with van der Waals surface area (Å²) in [5.74, 6) is 0.196. The lowest BCUT2D eigenvalue weighted by Gasteiger charge is -2.06. The number of nitrogens with one attached hydrogen (secondary N) is 1. The monoisotopic (exact) mass is 327 g/mol. The zero-order valence-electron chi connectivity index (χ0n) is 9.25. The highest BCUT2D eigenvalue weighted by molar-refractivity contribution is 9.08. The molecule has 1 aromatic carbocycles. The molecule has 1 aromatic heterocycles. The van der Waals surface area contributed by atoms with Crippen LogP contribution < -0.4 is 4.72 Å². The lowest BCUT2D eigenvalue weighted by Crippen LogP contribution is -2.14. The largest absolute Gasteiger partial charge is 0.263 e. The van der Waals surface area contributed by atoms with Crippen molar-refractivity contribution in [3.8, 4) is 0 Å². The average Bonchev–Trinajstić information content (AvgIpc) is 2.39. The second-order valence-corrected chi connectivity index (χ2v) is 5.74. The number of anilines is 1. The Balaban J connectivity index is 2.25. The Kier molecular flexibility index (Phi) is 3.93. The molecule has 18 heavy (non-hydrogen) atoms. The third kappa shape index (κ3) is 3.05. The number of aromatic nitrogens is 2. The van der Waals surface area contributed by atoms with Crippen LogP contribution in [0.4, 0.5) is 5.82 Å². The summed E-state index contributed by atoms with van der Waals surface area (Å²) < 4.78 is 26.4. The molecule has 0 aliphatic carbocycles. The fourth-order valence-corrected chi connectivity index (χ4v) is 2.68. The number of hydrogen-bond donors (Lipinski definition) is 1. The van der Waals surface area contributed by atoms with Crippen molar-refractivity contribution >= 4 is 31.8 Å². The summed E-state index contributed by atoms with van der Waals surface area (Å²) in [5, 5.41) is 7.97. The molecule has 0 spiro atoms. The highest BCUT2D eigenvalue weighted by atomic mass is 79.9. The molecule has 0 aliphatic rings. The molecule has 1 heterocycles. The highest BCUT2D eigenvalue weighted by Gasteiger charge is 2.14. The van der Waals surface area contributed by atoms with Crippen molar-refractivity contribution < 1.29 is 8.42 Å². The van der Waals surface area contributed by atoms with Gasteiger partial charge in [0.25, 0.3) is 10.0 Å². The zero-order chi connectivity index (χ0) is 13.0. The van der Waals surface area contributed by atoms with Crippen LogP contribution in [0.5, 0.6) is 0 Å². The molecule has 0 radical (unpaired) electrons. The molecule has 0 saturated heterocycles. The molecule has 0 bridgehead atoms. The molecule has 2 rings (SSSR count). The number of hydrogen-bond acceptors (Lipinski definition) is 4. The Labute approximate surface area is 113 Å². The molecule has 0 saturated carbocycles. The van der Waals surface area contributed by atoms with Gasteiger partial charge in [-0.3, -0.25) is 4.72 Å². The molecule has 0 aliphatic heterocycles. The number of halogens is 1. The fourth-order valence-electron chi connectivity index (χ4n) is 1.31. The molecule has 0 unspecified atom stereocenters. The van der Waals surface area contributed by atoms with Crippen LogP contribution in [0.3, 0.4) is 0 Å². The first kappa shape index (κ1) is 13.0. The zero-order valence-corrected chi connectivity index (χ0v) is 11.6. The van der Waals surface area contributed by atoms with Crippen LogP contribution in [0.2, 0.25) is 0 Å². The van der Waals surface area contributed by atoms with E-state index in [4.69, 9.17) is 0 Å². The van der Waals surface area contributed by atoms with E-state index in [0.29, 0.717) is 5.33 Å². The molecule has 5 nitrogen and oxygen atoms in total. The predicted octanol–water partition coefficient (Wildman–Crippen LogP) is 2.17. The van der Waals surface area contributed by atoms with E-state index in [0.717, 1.165) is 5.56 Å². The maximum Gasteiger partial charge on any atom is 0.263 e. The van der Waals surface area contributed by atoms with E-state index in [-0.39, 0.29) is 10.7 Å². The van der Waals surface area contributed by atoms with E-state index < -0.39 is 10.0 Å². The Hall–Kier alpha value is -1.47. The smallest absolute Gasteiger partial charge is 0.262 e. The van der Waals surface area contributed by atoms with Gasteiger partial charge in [0.15, 0.2) is 5.82 Å². The van der Waals surface area contributed by atoms with Crippen molar-refractivity contribution in [2.45, 2.75) is 10.2 Å². The molecule has 7 heteroatoms. The molecule has 0 amide bonds. The maximum atomic E-state index is 12.0. The fraction of sp³-hybridized carbons (Fsp3) is 0.0909. The number of nitrogens with zero attached hydrogens (tertiary/aromatic N) is 2. The predicted molar refractivity (Wildman–Crippen MR) is 71.9 cm³/mol. The van der Waals surface area contributed by atoms with Crippen molar-refractivity contribution in [1.29, 1.82) is 0 Å². The van der Waals surface area contributed by atoms with Gasteiger partial charge in [-0.25, -0.2) is 8.42 Å².